The van der Waals surface area contributed by atoms with E-state index in [-0.39, 0.29) is 29.0 Å². The molecule has 3 rings (SSSR count). The van der Waals surface area contributed by atoms with Crippen molar-refractivity contribution in [3.8, 4) is 28.1 Å². The number of ether oxygens (including phenoxy) is 2. The number of hydrogen-bond acceptors (Lipinski definition) is 3. The Morgan fingerprint density at radius 1 is 0.968 bits per heavy atom. The average Bonchev–Trinajstić information content (AvgIpc) is 3.12. The number of aromatic nitrogens is 1. The van der Waals surface area contributed by atoms with Crippen LogP contribution in [0.25, 0.3) is 22.4 Å². The number of carbonyl (C=O) groups is 1. The van der Waals surface area contributed by atoms with Gasteiger partial charge in [0.05, 0.1) is 23.4 Å². The van der Waals surface area contributed by atoms with Gasteiger partial charge in [-0.2, -0.15) is 13.2 Å². The number of aromatic amines is 1. The minimum atomic E-state index is -4.92. The Morgan fingerprint density at radius 2 is 1.65 bits per heavy atom. The monoisotopic (exact) mass is 443 g/mol. The maximum absolute atomic E-state index is 12.9. The maximum atomic E-state index is 12.9. The Labute approximate surface area is 172 Å². The van der Waals surface area contributed by atoms with E-state index in [4.69, 9.17) is 4.74 Å². The predicted molar refractivity (Wildman–Crippen MR) is 99.3 cm³/mol. The van der Waals surface area contributed by atoms with Crippen molar-refractivity contribution in [1.29, 1.82) is 0 Å². The molecule has 1 heterocycles. The van der Waals surface area contributed by atoms with Crippen LogP contribution in [0.2, 0.25) is 0 Å². The molecule has 4 nitrogen and oxygen atoms in total. The molecule has 0 saturated heterocycles. The van der Waals surface area contributed by atoms with E-state index in [0.29, 0.717) is 5.56 Å². The van der Waals surface area contributed by atoms with E-state index >= 15 is 0 Å². The van der Waals surface area contributed by atoms with Gasteiger partial charge in [-0.15, -0.1) is 13.2 Å². The Balaban J connectivity index is 2.13. The molecule has 0 spiro atoms. The van der Waals surface area contributed by atoms with Crippen LogP contribution in [0.5, 0.6) is 5.75 Å². The number of esters is 1. The first-order valence-electron chi connectivity index (χ1n) is 8.92. The third-order valence-electron chi connectivity index (χ3n) is 4.23. The zero-order chi connectivity index (χ0) is 22.8. The van der Waals surface area contributed by atoms with Gasteiger partial charge in [0.25, 0.3) is 0 Å². The van der Waals surface area contributed by atoms with Crippen LogP contribution in [0.1, 0.15) is 22.8 Å². The molecule has 0 bridgehead atoms. The van der Waals surface area contributed by atoms with Gasteiger partial charge in [0.2, 0.25) is 0 Å². The number of carbonyl (C=O) groups excluding carboxylic acids is 1. The van der Waals surface area contributed by atoms with Crippen LogP contribution < -0.4 is 4.74 Å². The van der Waals surface area contributed by atoms with Crippen molar-refractivity contribution >= 4 is 5.97 Å². The molecule has 2 aromatic carbocycles. The van der Waals surface area contributed by atoms with Crippen molar-refractivity contribution in [3.63, 3.8) is 0 Å². The molecule has 164 valence electrons. The number of alkyl halides is 6. The van der Waals surface area contributed by atoms with E-state index in [1.54, 1.807) is 6.92 Å². The fourth-order valence-electron chi connectivity index (χ4n) is 3.00. The molecule has 0 saturated carbocycles. The van der Waals surface area contributed by atoms with E-state index in [1.807, 2.05) is 0 Å². The van der Waals surface area contributed by atoms with Crippen LogP contribution in [0.4, 0.5) is 26.3 Å². The van der Waals surface area contributed by atoms with Gasteiger partial charge in [0, 0.05) is 11.8 Å². The van der Waals surface area contributed by atoms with Gasteiger partial charge in [-0.25, -0.2) is 4.79 Å². The largest absolute Gasteiger partial charge is 0.573 e. The second-order valence-corrected chi connectivity index (χ2v) is 6.32. The SMILES string of the molecule is CCOC(=O)c1c[nH]c(-c2ccc(C(F)(F)F)cc2)c1-c1cccc(OC(F)(F)F)c1. The summed E-state index contributed by atoms with van der Waals surface area (Å²) in [6.07, 6.45) is -8.16. The van der Waals surface area contributed by atoms with Gasteiger partial charge in [-0.05, 0) is 42.3 Å². The predicted octanol–water partition coefficient (Wildman–Crippen LogP) is 6.44. The van der Waals surface area contributed by atoms with Gasteiger partial charge in [0.15, 0.2) is 0 Å². The van der Waals surface area contributed by atoms with Crippen LogP contribution in [-0.2, 0) is 10.9 Å². The van der Waals surface area contributed by atoms with Gasteiger partial charge < -0.3 is 14.5 Å². The summed E-state index contributed by atoms with van der Waals surface area (Å²) in [5.41, 5.74) is 0.0323. The number of rotatable bonds is 5. The standard InChI is InChI=1S/C21H15F6NO3/c1-2-30-19(29)16-11-28-18(12-6-8-14(9-7-12)20(22,23)24)17(16)13-4-3-5-15(10-13)31-21(25,26)27/h3-11,28H,2H2,1H3. The lowest BCUT2D eigenvalue weighted by Gasteiger charge is -2.12. The number of hydrogen-bond donors (Lipinski definition) is 1. The molecular formula is C21H15F6NO3. The van der Waals surface area contributed by atoms with Gasteiger partial charge in [-0.1, -0.05) is 24.3 Å². The first kappa shape index (κ1) is 22.3. The van der Waals surface area contributed by atoms with E-state index in [0.717, 1.165) is 24.3 Å². The second-order valence-electron chi connectivity index (χ2n) is 6.32. The highest BCUT2D eigenvalue weighted by Crippen LogP contribution is 2.38. The highest BCUT2D eigenvalue weighted by atomic mass is 19.4. The summed E-state index contributed by atoms with van der Waals surface area (Å²) in [5, 5.41) is 0. The molecule has 0 amide bonds. The Morgan fingerprint density at radius 3 is 2.23 bits per heavy atom. The molecule has 3 aromatic rings. The Hall–Kier alpha value is -3.43. The summed E-state index contributed by atoms with van der Waals surface area (Å²) in [7, 11) is 0. The molecule has 0 radical (unpaired) electrons. The second kappa shape index (κ2) is 8.37. The molecule has 0 aliphatic heterocycles. The van der Waals surface area contributed by atoms with E-state index in [2.05, 4.69) is 9.72 Å². The van der Waals surface area contributed by atoms with E-state index in [1.165, 1.54) is 30.5 Å². The maximum Gasteiger partial charge on any atom is 0.573 e. The molecule has 1 aromatic heterocycles. The number of nitrogens with one attached hydrogen (secondary N) is 1. The summed E-state index contributed by atoms with van der Waals surface area (Å²) in [6, 6.07) is 9.04. The first-order chi connectivity index (χ1) is 14.5. The van der Waals surface area contributed by atoms with Crippen LogP contribution >= 0.6 is 0 Å². The normalized spacial score (nSPS) is 12.0. The summed E-state index contributed by atoms with van der Waals surface area (Å²) in [5.74, 6) is -1.26. The molecular weight excluding hydrogens is 428 g/mol. The molecule has 31 heavy (non-hydrogen) atoms. The lowest BCUT2D eigenvalue weighted by molar-refractivity contribution is -0.274. The fraction of sp³-hybridized carbons (Fsp3) is 0.190. The topological polar surface area (TPSA) is 51.3 Å². The summed E-state index contributed by atoms with van der Waals surface area (Å²) < 4.78 is 85.4. The minimum absolute atomic E-state index is 0.0147. The summed E-state index contributed by atoms with van der Waals surface area (Å²) in [6.45, 7) is 1.63. The molecule has 0 atom stereocenters. The Bertz CT molecular complexity index is 1070. The molecule has 0 aliphatic rings. The Kier molecular flexibility index (Phi) is 6.01. The van der Waals surface area contributed by atoms with Crippen molar-refractivity contribution in [2.75, 3.05) is 6.61 Å². The quantitative estimate of drug-likeness (QED) is 0.365. The number of H-pyrrole nitrogens is 1. The highest BCUT2D eigenvalue weighted by molar-refractivity contribution is 6.02. The van der Waals surface area contributed by atoms with Crippen molar-refractivity contribution in [3.05, 3.63) is 65.9 Å². The lowest BCUT2D eigenvalue weighted by Crippen LogP contribution is -2.17. The minimum Gasteiger partial charge on any atom is -0.462 e. The van der Waals surface area contributed by atoms with Crippen LogP contribution in [0, 0.1) is 0 Å². The smallest absolute Gasteiger partial charge is 0.462 e. The van der Waals surface area contributed by atoms with E-state index in [9.17, 15) is 31.1 Å². The zero-order valence-corrected chi connectivity index (χ0v) is 15.9. The first-order valence-corrected chi connectivity index (χ1v) is 8.92. The van der Waals surface area contributed by atoms with Gasteiger partial charge >= 0.3 is 18.5 Å². The number of benzene rings is 2. The molecule has 1 N–H and O–H groups in total. The molecule has 0 fully saturated rings. The van der Waals surface area contributed by atoms with Gasteiger partial charge in [-0.3, -0.25) is 0 Å². The zero-order valence-electron chi connectivity index (χ0n) is 15.9. The molecule has 10 heteroatoms. The summed E-state index contributed by atoms with van der Waals surface area (Å²) in [4.78, 5) is 15.2. The van der Waals surface area contributed by atoms with Gasteiger partial charge in [0.1, 0.15) is 5.75 Å². The fourth-order valence-corrected chi connectivity index (χ4v) is 3.00. The van der Waals surface area contributed by atoms with Crippen molar-refractivity contribution in [2.24, 2.45) is 0 Å². The number of halogens is 6. The molecule has 0 aliphatic carbocycles. The third-order valence-corrected chi connectivity index (χ3v) is 4.23. The van der Waals surface area contributed by atoms with Crippen molar-refractivity contribution < 1.29 is 40.6 Å². The summed E-state index contributed by atoms with van der Waals surface area (Å²) >= 11 is 0. The van der Waals surface area contributed by atoms with Crippen LogP contribution in [0.15, 0.2) is 54.7 Å². The van der Waals surface area contributed by atoms with Crippen molar-refractivity contribution in [2.45, 2.75) is 19.5 Å². The highest BCUT2D eigenvalue weighted by Gasteiger charge is 2.32. The van der Waals surface area contributed by atoms with Crippen molar-refractivity contribution in [1.82, 2.24) is 4.98 Å². The molecule has 0 unspecified atom stereocenters. The van der Waals surface area contributed by atoms with Crippen LogP contribution in [-0.4, -0.2) is 23.9 Å². The third kappa shape index (κ3) is 5.19. The van der Waals surface area contributed by atoms with Crippen LogP contribution in [0.3, 0.4) is 0 Å². The average molecular weight is 443 g/mol. The van der Waals surface area contributed by atoms with E-state index < -0.39 is 29.8 Å². The lowest BCUT2D eigenvalue weighted by atomic mass is 9.97.